The van der Waals surface area contributed by atoms with Crippen LogP contribution in [0.15, 0.2) is 0 Å². The highest BCUT2D eigenvalue weighted by molar-refractivity contribution is 7.87. The van der Waals surface area contributed by atoms with Crippen LogP contribution >= 0.6 is 0 Å². The van der Waals surface area contributed by atoms with Gasteiger partial charge in [0.25, 0.3) is 10.2 Å². The van der Waals surface area contributed by atoms with Gasteiger partial charge < -0.3 is 0 Å². The topological polar surface area (TPSA) is 49.4 Å². The highest BCUT2D eigenvalue weighted by atomic mass is 32.2. The van der Waals surface area contributed by atoms with Crippen LogP contribution in [0.1, 0.15) is 40.0 Å². The van der Waals surface area contributed by atoms with Crippen LogP contribution in [0.25, 0.3) is 0 Å². The van der Waals surface area contributed by atoms with Crippen LogP contribution in [-0.4, -0.2) is 32.9 Å². The molecule has 0 heterocycles. The van der Waals surface area contributed by atoms with Crippen molar-refractivity contribution in [1.29, 1.82) is 0 Å². The molecule has 0 saturated carbocycles. The van der Waals surface area contributed by atoms with Gasteiger partial charge in [-0.3, -0.25) is 0 Å². The Morgan fingerprint density at radius 2 is 1.67 bits per heavy atom. The quantitative estimate of drug-likeness (QED) is 0.730. The van der Waals surface area contributed by atoms with E-state index in [1.165, 1.54) is 18.4 Å². The number of rotatable bonds is 7. The van der Waals surface area contributed by atoms with E-state index < -0.39 is 10.2 Å². The first-order valence-electron chi connectivity index (χ1n) is 5.45. The Bertz CT molecular complexity index is 261. The van der Waals surface area contributed by atoms with Crippen molar-refractivity contribution < 1.29 is 8.42 Å². The summed E-state index contributed by atoms with van der Waals surface area (Å²) in [6.07, 6.45) is 3.11. The molecule has 5 heteroatoms. The fourth-order valence-electron chi connectivity index (χ4n) is 1.25. The molecule has 1 N–H and O–H groups in total. The van der Waals surface area contributed by atoms with Crippen LogP contribution in [-0.2, 0) is 10.2 Å². The predicted molar refractivity (Wildman–Crippen MR) is 63.9 cm³/mol. The van der Waals surface area contributed by atoms with Crippen molar-refractivity contribution in [2.45, 2.75) is 46.1 Å². The van der Waals surface area contributed by atoms with Gasteiger partial charge in [-0.1, -0.05) is 26.7 Å². The third kappa shape index (κ3) is 6.87. The molecule has 0 saturated heterocycles. The minimum atomic E-state index is -3.26. The molecule has 0 aliphatic rings. The molecule has 0 aromatic rings. The molecule has 0 spiro atoms. The second-order valence-electron chi connectivity index (χ2n) is 4.63. The summed E-state index contributed by atoms with van der Waals surface area (Å²) < 4.78 is 26.7. The van der Waals surface area contributed by atoms with E-state index in [0.717, 1.165) is 19.3 Å². The first-order valence-corrected chi connectivity index (χ1v) is 6.89. The molecule has 0 aromatic carbocycles. The summed E-state index contributed by atoms with van der Waals surface area (Å²) >= 11 is 0. The van der Waals surface area contributed by atoms with Crippen LogP contribution in [0, 0.1) is 5.92 Å². The Morgan fingerprint density at radius 3 is 2.07 bits per heavy atom. The van der Waals surface area contributed by atoms with Crippen molar-refractivity contribution in [2.75, 3.05) is 14.1 Å². The lowest BCUT2D eigenvalue weighted by Gasteiger charge is -2.18. The van der Waals surface area contributed by atoms with E-state index in [0.29, 0.717) is 5.92 Å². The van der Waals surface area contributed by atoms with Gasteiger partial charge in [0, 0.05) is 20.1 Å². The van der Waals surface area contributed by atoms with Gasteiger partial charge in [0.05, 0.1) is 0 Å². The monoisotopic (exact) mass is 236 g/mol. The fourth-order valence-corrected chi connectivity index (χ4v) is 2.09. The highest BCUT2D eigenvalue weighted by Gasteiger charge is 2.16. The average molecular weight is 236 g/mol. The van der Waals surface area contributed by atoms with E-state index in [2.05, 4.69) is 18.6 Å². The molecule has 1 unspecified atom stereocenters. The summed E-state index contributed by atoms with van der Waals surface area (Å²) in [5.74, 6) is 0.683. The van der Waals surface area contributed by atoms with E-state index in [1.54, 1.807) is 0 Å². The van der Waals surface area contributed by atoms with Crippen molar-refractivity contribution in [3.8, 4) is 0 Å². The van der Waals surface area contributed by atoms with Gasteiger partial charge in [0.15, 0.2) is 0 Å². The number of hydrogen-bond acceptors (Lipinski definition) is 2. The molecule has 4 nitrogen and oxygen atoms in total. The highest BCUT2D eigenvalue weighted by Crippen LogP contribution is 2.08. The van der Waals surface area contributed by atoms with Gasteiger partial charge in [-0.05, 0) is 19.3 Å². The van der Waals surface area contributed by atoms with Crippen molar-refractivity contribution in [3.05, 3.63) is 0 Å². The van der Waals surface area contributed by atoms with Crippen molar-refractivity contribution in [3.63, 3.8) is 0 Å². The molecule has 0 rings (SSSR count). The maximum absolute atomic E-state index is 11.5. The lowest BCUT2D eigenvalue weighted by molar-refractivity contribution is 0.464. The summed E-state index contributed by atoms with van der Waals surface area (Å²) in [4.78, 5) is 0. The molecule has 0 aliphatic carbocycles. The summed E-state index contributed by atoms with van der Waals surface area (Å²) in [5.41, 5.74) is 0. The lowest BCUT2D eigenvalue weighted by atomic mass is 10.0. The zero-order chi connectivity index (χ0) is 12.1. The van der Waals surface area contributed by atoms with Gasteiger partial charge in [0.2, 0.25) is 0 Å². The second-order valence-corrected chi connectivity index (χ2v) is 6.55. The minimum absolute atomic E-state index is 0.0103. The molecule has 92 valence electrons. The summed E-state index contributed by atoms with van der Waals surface area (Å²) in [6, 6.07) is 0.0103. The normalized spacial score (nSPS) is 14.9. The van der Waals surface area contributed by atoms with Gasteiger partial charge in [0.1, 0.15) is 0 Å². The Labute approximate surface area is 94.2 Å². The Hall–Kier alpha value is -0.130. The number of hydrogen-bond donors (Lipinski definition) is 1. The lowest BCUT2D eigenvalue weighted by Crippen LogP contribution is -2.40. The molecule has 15 heavy (non-hydrogen) atoms. The maximum atomic E-state index is 11.5. The van der Waals surface area contributed by atoms with E-state index >= 15 is 0 Å². The molecule has 0 aromatic heterocycles. The van der Waals surface area contributed by atoms with E-state index in [1.807, 2.05) is 6.92 Å². The first kappa shape index (κ1) is 14.9. The van der Waals surface area contributed by atoms with E-state index in [-0.39, 0.29) is 6.04 Å². The maximum Gasteiger partial charge on any atom is 0.279 e. The summed E-state index contributed by atoms with van der Waals surface area (Å²) in [7, 11) is -0.203. The third-order valence-electron chi connectivity index (χ3n) is 2.25. The largest absolute Gasteiger partial charge is 0.279 e. The van der Waals surface area contributed by atoms with Crippen molar-refractivity contribution in [2.24, 2.45) is 5.92 Å². The zero-order valence-corrected chi connectivity index (χ0v) is 11.3. The van der Waals surface area contributed by atoms with Crippen LogP contribution < -0.4 is 4.72 Å². The van der Waals surface area contributed by atoms with Gasteiger partial charge >= 0.3 is 0 Å². The first-order chi connectivity index (χ1) is 6.75. The average Bonchev–Trinajstić information content (AvgIpc) is 2.01. The molecule has 0 fully saturated rings. The Balaban J connectivity index is 3.89. The summed E-state index contributed by atoms with van der Waals surface area (Å²) in [6.45, 7) is 6.25. The second kappa shape index (κ2) is 6.45. The van der Waals surface area contributed by atoms with Crippen LogP contribution in [0.4, 0.5) is 0 Å². The molecular weight excluding hydrogens is 212 g/mol. The zero-order valence-electron chi connectivity index (χ0n) is 10.4. The van der Waals surface area contributed by atoms with Gasteiger partial charge in [-0.15, -0.1) is 0 Å². The van der Waals surface area contributed by atoms with Crippen LogP contribution in [0.3, 0.4) is 0 Å². The molecule has 0 amide bonds. The van der Waals surface area contributed by atoms with E-state index in [4.69, 9.17) is 0 Å². The Kier molecular flexibility index (Phi) is 6.40. The number of nitrogens with zero attached hydrogens (tertiary/aromatic N) is 1. The standard InChI is InChI=1S/C10H24N2O2S/c1-9(2)7-6-8-10(3)11-15(13,14)12(4)5/h9-11H,6-8H2,1-5H3. The number of nitrogens with one attached hydrogen (secondary N) is 1. The minimum Gasteiger partial charge on any atom is -0.199 e. The smallest absolute Gasteiger partial charge is 0.199 e. The van der Waals surface area contributed by atoms with Crippen LogP contribution in [0.5, 0.6) is 0 Å². The van der Waals surface area contributed by atoms with Crippen molar-refractivity contribution >= 4 is 10.2 Å². The van der Waals surface area contributed by atoms with Crippen LogP contribution in [0.2, 0.25) is 0 Å². The SMILES string of the molecule is CC(C)CCCC(C)NS(=O)(=O)N(C)C. The molecular formula is C10H24N2O2S. The molecule has 0 radical (unpaired) electrons. The Morgan fingerprint density at radius 1 is 1.13 bits per heavy atom. The predicted octanol–water partition coefficient (Wildman–Crippen LogP) is 1.60. The van der Waals surface area contributed by atoms with Gasteiger partial charge in [-0.2, -0.15) is 17.4 Å². The van der Waals surface area contributed by atoms with E-state index in [9.17, 15) is 8.42 Å². The molecule has 0 bridgehead atoms. The summed E-state index contributed by atoms with van der Waals surface area (Å²) in [5, 5.41) is 0. The molecule has 1 atom stereocenters. The van der Waals surface area contributed by atoms with Gasteiger partial charge in [-0.25, -0.2) is 0 Å². The fraction of sp³-hybridized carbons (Fsp3) is 1.00. The third-order valence-corrected chi connectivity index (χ3v) is 3.91. The van der Waals surface area contributed by atoms with Crippen molar-refractivity contribution in [1.82, 2.24) is 9.03 Å². The molecule has 0 aliphatic heterocycles.